The lowest BCUT2D eigenvalue weighted by molar-refractivity contribution is -0.122. The maximum absolute atomic E-state index is 13.4. The van der Waals surface area contributed by atoms with Crippen molar-refractivity contribution in [2.45, 2.75) is 20.4 Å². The van der Waals surface area contributed by atoms with Crippen LogP contribution in [0.15, 0.2) is 52.3 Å². The van der Waals surface area contributed by atoms with Crippen molar-refractivity contribution in [3.63, 3.8) is 0 Å². The molecule has 1 saturated heterocycles. The van der Waals surface area contributed by atoms with Crippen LogP contribution in [0, 0.1) is 13.8 Å². The Balaban J connectivity index is 1.75. The van der Waals surface area contributed by atoms with Crippen molar-refractivity contribution in [2.75, 3.05) is 25.6 Å². The molecular formula is C24H24N4O3S2. The Morgan fingerprint density at radius 3 is 2.58 bits per heavy atom. The van der Waals surface area contributed by atoms with Crippen LogP contribution in [0.2, 0.25) is 0 Å². The predicted molar refractivity (Wildman–Crippen MR) is 136 cm³/mol. The summed E-state index contributed by atoms with van der Waals surface area (Å²) in [5, 5.41) is 3.29. The van der Waals surface area contributed by atoms with Gasteiger partial charge < -0.3 is 10.1 Å². The van der Waals surface area contributed by atoms with E-state index >= 15 is 0 Å². The number of carbonyl (C=O) groups excluding carboxylic acids is 1. The monoisotopic (exact) mass is 480 g/mol. The molecule has 0 bridgehead atoms. The zero-order valence-corrected chi connectivity index (χ0v) is 20.3. The first-order chi connectivity index (χ1) is 15.9. The van der Waals surface area contributed by atoms with Crippen molar-refractivity contribution in [3.8, 4) is 0 Å². The Kier molecular flexibility index (Phi) is 6.92. The summed E-state index contributed by atoms with van der Waals surface area (Å²) in [6.45, 7) is 5.18. The minimum Gasteiger partial charge on any atom is -0.383 e. The maximum Gasteiger partial charge on any atom is 0.267 e. The average molecular weight is 481 g/mol. The Labute approximate surface area is 201 Å². The molecule has 170 valence electrons. The van der Waals surface area contributed by atoms with Gasteiger partial charge >= 0.3 is 0 Å². The van der Waals surface area contributed by atoms with Crippen molar-refractivity contribution in [2.24, 2.45) is 0 Å². The lowest BCUT2D eigenvalue weighted by atomic mass is 10.1. The van der Waals surface area contributed by atoms with Gasteiger partial charge in [-0.15, -0.1) is 0 Å². The van der Waals surface area contributed by atoms with Crippen LogP contribution in [0.25, 0.3) is 11.7 Å². The first-order valence-electron chi connectivity index (χ1n) is 10.4. The van der Waals surface area contributed by atoms with E-state index < -0.39 is 0 Å². The second-order valence-corrected chi connectivity index (χ2v) is 9.45. The molecule has 1 aromatic carbocycles. The Morgan fingerprint density at radius 1 is 1.12 bits per heavy atom. The highest BCUT2D eigenvalue weighted by molar-refractivity contribution is 8.26. The summed E-state index contributed by atoms with van der Waals surface area (Å²) in [6, 6.07) is 11.8. The summed E-state index contributed by atoms with van der Waals surface area (Å²) in [7, 11) is 1.57. The fraction of sp³-hybridized carbons (Fsp3) is 0.250. The number of thiocarbonyl (C=S) groups is 1. The van der Waals surface area contributed by atoms with Crippen LogP contribution >= 0.6 is 24.0 Å². The molecule has 1 N–H and O–H groups in total. The number of aromatic nitrogens is 2. The number of amides is 1. The lowest BCUT2D eigenvalue weighted by Crippen LogP contribution is -2.31. The zero-order valence-electron chi connectivity index (χ0n) is 18.6. The van der Waals surface area contributed by atoms with Crippen molar-refractivity contribution >= 4 is 51.7 Å². The molecular weight excluding hydrogens is 456 g/mol. The van der Waals surface area contributed by atoms with E-state index in [-0.39, 0.29) is 11.5 Å². The summed E-state index contributed by atoms with van der Waals surface area (Å²) in [6.07, 6.45) is 3.34. The number of pyridine rings is 1. The highest BCUT2D eigenvalue weighted by Crippen LogP contribution is 2.33. The molecule has 2 aromatic heterocycles. The molecule has 3 aromatic rings. The third-order valence-corrected chi connectivity index (χ3v) is 6.63. The Bertz CT molecular complexity index is 1320. The number of thioether (sulfide) groups is 1. The Morgan fingerprint density at radius 2 is 1.85 bits per heavy atom. The van der Waals surface area contributed by atoms with Gasteiger partial charge in [-0.25, -0.2) is 4.98 Å². The number of aryl methyl sites for hydroxylation is 2. The van der Waals surface area contributed by atoms with Gasteiger partial charge in [0, 0.05) is 19.9 Å². The molecule has 7 nitrogen and oxygen atoms in total. The van der Waals surface area contributed by atoms with Gasteiger partial charge in [0.25, 0.3) is 11.5 Å². The van der Waals surface area contributed by atoms with Crippen molar-refractivity contribution in [1.29, 1.82) is 0 Å². The molecule has 0 unspecified atom stereocenters. The zero-order chi connectivity index (χ0) is 23.5. The second kappa shape index (κ2) is 9.86. The van der Waals surface area contributed by atoms with Crippen LogP contribution < -0.4 is 10.9 Å². The number of hydrogen-bond donors (Lipinski definition) is 1. The fourth-order valence-corrected chi connectivity index (χ4v) is 4.71. The summed E-state index contributed by atoms with van der Waals surface area (Å²) in [5.41, 5.74) is 3.76. The average Bonchev–Trinajstić information content (AvgIpc) is 3.06. The summed E-state index contributed by atoms with van der Waals surface area (Å²) in [5.74, 6) is 0.187. The van der Waals surface area contributed by atoms with Gasteiger partial charge in [0.2, 0.25) is 0 Å². The first kappa shape index (κ1) is 23.2. The van der Waals surface area contributed by atoms with Crippen LogP contribution in [-0.2, 0) is 16.1 Å². The van der Waals surface area contributed by atoms with E-state index in [2.05, 4.69) is 10.3 Å². The molecule has 1 aliphatic heterocycles. The van der Waals surface area contributed by atoms with Crippen LogP contribution in [0.1, 0.15) is 22.3 Å². The van der Waals surface area contributed by atoms with E-state index in [0.717, 1.165) is 11.1 Å². The van der Waals surface area contributed by atoms with Crippen LogP contribution in [0.3, 0.4) is 0 Å². The van der Waals surface area contributed by atoms with E-state index in [1.165, 1.54) is 26.6 Å². The molecule has 4 rings (SSSR count). The number of carbonyl (C=O) groups is 1. The van der Waals surface area contributed by atoms with Crippen LogP contribution in [0.4, 0.5) is 5.82 Å². The standard InChI is InChI=1S/C24H24N4O3S2/c1-15-4-7-17(8-5-15)13-25-21-18(22(29)28-14-16(2)6-9-20(28)26-21)12-19-23(30)27(10-11-31-3)24(32)33-19/h4-9,12,14,25H,10-11,13H2,1-3H3. The molecule has 0 spiro atoms. The number of benzene rings is 1. The van der Waals surface area contributed by atoms with Crippen molar-refractivity contribution in [3.05, 3.63) is 80.1 Å². The molecule has 0 saturated carbocycles. The summed E-state index contributed by atoms with van der Waals surface area (Å²) < 4.78 is 7.03. The normalized spacial score (nSPS) is 15.1. The van der Waals surface area contributed by atoms with Crippen LogP contribution in [0.5, 0.6) is 0 Å². The first-order valence-corrected chi connectivity index (χ1v) is 11.7. The number of ether oxygens (including phenoxy) is 1. The second-order valence-electron chi connectivity index (χ2n) is 7.78. The van der Waals surface area contributed by atoms with Crippen molar-refractivity contribution < 1.29 is 9.53 Å². The van der Waals surface area contributed by atoms with Gasteiger partial charge in [0.05, 0.1) is 23.6 Å². The number of rotatable bonds is 7. The van der Waals surface area contributed by atoms with Crippen LogP contribution in [-0.4, -0.2) is 44.8 Å². The third kappa shape index (κ3) is 5.00. The summed E-state index contributed by atoms with van der Waals surface area (Å²) in [4.78, 5) is 32.9. The molecule has 33 heavy (non-hydrogen) atoms. The highest BCUT2D eigenvalue weighted by atomic mass is 32.2. The van der Waals surface area contributed by atoms with Gasteiger partial charge in [-0.2, -0.15) is 0 Å². The van der Waals surface area contributed by atoms with Gasteiger partial charge in [0.15, 0.2) is 0 Å². The molecule has 0 atom stereocenters. The maximum atomic E-state index is 13.4. The van der Waals surface area contributed by atoms with E-state index in [9.17, 15) is 9.59 Å². The minimum absolute atomic E-state index is 0.236. The molecule has 3 heterocycles. The van der Waals surface area contributed by atoms with E-state index in [1.54, 1.807) is 19.4 Å². The van der Waals surface area contributed by atoms with E-state index in [1.807, 2.05) is 50.2 Å². The minimum atomic E-state index is -0.253. The largest absolute Gasteiger partial charge is 0.383 e. The number of fused-ring (bicyclic) bond motifs is 1. The molecule has 9 heteroatoms. The molecule has 1 fully saturated rings. The topological polar surface area (TPSA) is 75.9 Å². The molecule has 1 aliphatic rings. The van der Waals surface area contributed by atoms with Gasteiger partial charge in [-0.1, -0.05) is 59.9 Å². The van der Waals surface area contributed by atoms with Gasteiger partial charge in [0.1, 0.15) is 15.8 Å². The predicted octanol–water partition coefficient (Wildman–Crippen LogP) is 3.77. The summed E-state index contributed by atoms with van der Waals surface area (Å²) >= 11 is 6.55. The van der Waals surface area contributed by atoms with E-state index in [4.69, 9.17) is 17.0 Å². The lowest BCUT2D eigenvalue weighted by Gasteiger charge is -2.13. The number of hydrogen-bond acceptors (Lipinski definition) is 7. The quantitative estimate of drug-likeness (QED) is 0.408. The smallest absolute Gasteiger partial charge is 0.267 e. The number of methoxy groups -OCH3 is 1. The van der Waals surface area contributed by atoms with Crippen molar-refractivity contribution in [1.82, 2.24) is 14.3 Å². The number of anilines is 1. The molecule has 1 amide bonds. The van der Waals surface area contributed by atoms with E-state index in [0.29, 0.717) is 46.0 Å². The Hall–Kier alpha value is -3.01. The number of nitrogens with one attached hydrogen (secondary N) is 1. The SMILES string of the molecule is COCCN1C(=O)C(=Cc2c(NCc3ccc(C)cc3)nc3ccc(C)cn3c2=O)SC1=S. The number of nitrogens with zero attached hydrogens (tertiary/aromatic N) is 3. The van der Waals surface area contributed by atoms with Gasteiger partial charge in [-0.3, -0.25) is 18.9 Å². The highest BCUT2D eigenvalue weighted by Gasteiger charge is 2.32. The van der Waals surface area contributed by atoms with Gasteiger partial charge in [-0.05, 0) is 37.1 Å². The molecule has 0 aliphatic carbocycles. The third-order valence-electron chi connectivity index (χ3n) is 5.25. The molecule has 0 radical (unpaired) electrons. The fourth-order valence-electron chi connectivity index (χ4n) is 3.42.